The molecule has 1 aromatic heterocycles. The maximum atomic E-state index is 13.3. The number of amides is 2. The number of sulfonamides is 1. The van der Waals surface area contributed by atoms with E-state index in [4.69, 9.17) is 11.1 Å². The van der Waals surface area contributed by atoms with E-state index in [0.717, 1.165) is 29.9 Å². The van der Waals surface area contributed by atoms with E-state index in [9.17, 15) is 13.2 Å². The Kier molecular flexibility index (Phi) is 6.50. The van der Waals surface area contributed by atoms with Gasteiger partial charge in [0.25, 0.3) is 10.0 Å². The molecule has 2 aliphatic heterocycles. The SMILES string of the molecule is CC1CN(CC2CCN(S(=O)(=O)c3cncs3)CC2)C(=O)N(c2cccc(C(=N)N)c2)C1. The molecule has 2 aliphatic rings. The second-order valence-electron chi connectivity index (χ2n) is 8.54. The molecule has 2 aromatic rings. The lowest BCUT2D eigenvalue weighted by Gasteiger charge is -2.41. The number of urea groups is 1. The monoisotopic (exact) mass is 476 g/mol. The minimum atomic E-state index is -3.48. The average Bonchev–Trinajstić information content (AvgIpc) is 3.32. The molecular formula is C21H28N6O3S2. The molecule has 4 rings (SSSR count). The molecule has 172 valence electrons. The van der Waals surface area contributed by atoms with Crippen molar-refractivity contribution in [1.29, 1.82) is 5.41 Å². The number of amidine groups is 1. The van der Waals surface area contributed by atoms with Crippen molar-refractivity contribution >= 4 is 38.9 Å². The Hall–Kier alpha value is -2.50. The van der Waals surface area contributed by atoms with E-state index < -0.39 is 10.0 Å². The van der Waals surface area contributed by atoms with Gasteiger partial charge in [0.05, 0.1) is 11.7 Å². The molecule has 0 saturated carbocycles. The highest BCUT2D eigenvalue weighted by atomic mass is 32.2. The Labute approximate surface area is 192 Å². The molecular weight excluding hydrogens is 448 g/mol. The third kappa shape index (κ3) is 4.64. The van der Waals surface area contributed by atoms with Crippen LogP contribution in [-0.2, 0) is 10.0 Å². The van der Waals surface area contributed by atoms with Crippen LogP contribution in [0.15, 0.2) is 40.2 Å². The van der Waals surface area contributed by atoms with Gasteiger partial charge in [-0.05, 0) is 36.8 Å². The van der Waals surface area contributed by atoms with Crippen molar-refractivity contribution < 1.29 is 13.2 Å². The van der Waals surface area contributed by atoms with Crippen molar-refractivity contribution in [2.75, 3.05) is 37.6 Å². The molecule has 1 unspecified atom stereocenters. The van der Waals surface area contributed by atoms with E-state index in [0.29, 0.717) is 44.2 Å². The quantitative estimate of drug-likeness (QED) is 0.489. The third-order valence-corrected chi connectivity index (χ3v) is 9.20. The summed E-state index contributed by atoms with van der Waals surface area (Å²) in [5, 5.41) is 7.67. The smallest absolute Gasteiger partial charge is 0.324 e. The number of nitrogens with two attached hydrogens (primary N) is 1. The van der Waals surface area contributed by atoms with Crippen molar-refractivity contribution in [2.24, 2.45) is 17.6 Å². The molecule has 0 aliphatic carbocycles. The number of hydrogen-bond acceptors (Lipinski definition) is 6. The second-order valence-corrected chi connectivity index (χ2v) is 11.6. The van der Waals surface area contributed by atoms with Gasteiger partial charge in [-0.2, -0.15) is 4.31 Å². The van der Waals surface area contributed by atoms with E-state index >= 15 is 0 Å². The summed E-state index contributed by atoms with van der Waals surface area (Å²) in [4.78, 5) is 20.8. The first-order valence-corrected chi connectivity index (χ1v) is 13.0. The first kappa shape index (κ1) is 22.7. The minimum absolute atomic E-state index is 0.0266. The van der Waals surface area contributed by atoms with Crippen molar-refractivity contribution in [3.63, 3.8) is 0 Å². The van der Waals surface area contributed by atoms with E-state index in [2.05, 4.69) is 11.9 Å². The summed E-state index contributed by atoms with van der Waals surface area (Å²) in [6.07, 6.45) is 2.83. The number of benzene rings is 1. The first-order chi connectivity index (χ1) is 15.3. The standard InChI is InChI=1S/C21H28N6O3S2/c1-15-11-25(21(28)27(12-15)18-4-2-3-17(9-18)20(22)23)13-16-5-7-26(8-6-16)32(29,30)19-10-24-14-31-19/h2-4,9-10,14-16H,5-8,11-13H2,1H3,(H3,22,23). The Bertz CT molecular complexity index is 1080. The topological polar surface area (TPSA) is 124 Å². The van der Waals surface area contributed by atoms with Crippen LogP contribution in [0, 0.1) is 17.2 Å². The zero-order valence-electron chi connectivity index (χ0n) is 18.0. The number of hydrogen-bond donors (Lipinski definition) is 2. The maximum Gasteiger partial charge on any atom is 0.324 e. The summed E-state index contributed by atoms with van der Waals surface area (Å²) in [6, 6.07) is 7.16. The van der Waals surface area contributed by atoms with Crippen LogP contribution in [0.25, 0.3) is 0 Å². The van der Waals surface area contributed by atoms with E-state index in [-0.39, 0.29) is 22.0 Å². The number of anilines is 1. The third-order valence-electron chi connectivity index (χ3n) is 6.05. The molecule has 9 nitrogen and oxygen atoms in total. The Balaban J connectivity index is 1.41. The highest BCUT2D eigenvalue weighted by Crippen LogP contribution is 2.28. The van der Waals surface area contributed by atoms with Gasteiger partial charge in [0.15, 0.2) is 4.21 Å². The number of nitrogens with zero attached hydrogens (tertiary/aromatic N) is 4. The number of carbonyl (C=O) groups excluding carboxylic acids is 1. The molecule has 2 amide bonds. The van der Waals surface area contributed by atoms with Crippen molar-refractivity contribution in [2.45, 2.75) is 24.0 Å². The van der Waals surface area contributed by atoms with Crippen LogP contribution in [0.3, 0.4) is 0 Å². The molecule has 0 spiro atoms. The summed E-state index contributed by atoms with van der Waals surface area (Å²) in [5.41, 5.74) is 8.48. The van der Waals surface area contributed by atoms with Gasteiger partial charge in [0, 0.05) is 44.0 Å². The molecule has 32 heavy (non-hydrogen) atoms. The Morgan fingerprint density at radius 2 is 2.03 bits per heavy atom. The molecule has 1 aromatic carbocycles. The van der Waals surface area contributed by atoms with Crippen LogP contribution in [0.1, 0.15) is 25.3 Å². The van der Waals surface area contributed by atoms with Gasteiger partial charge in [-0.25, -0.2) is 13.2 Å². The predicted octanol–water partition coefficient (Wildman–Crippen LogP) is 2.41. The van der Waals surface area contributed by atoms with E-state index in [1.54, 1.807) is 17.0 Å². The molecule has 2 saturated heterocycles. The van der Waals surface area contributed by atoms with Gasteiger partial charge in [-0.1, -0.05) is 19.1 Å². The predicted molar refractivity (Wildman–Crippen MR) is 125 cm³/mol. The highest BCUT2D eigenvalue weighted by Gasteiger charge is 2.35. The molecule has 1 atom stereocenters. The van der Waals surface area contributed by atoms with E-state index in [1.165, 1.54) is 16.0 Å². The van der Waals surface area contributed by atoms with Crippen molar-refractivity contribution in [3.05, 3.63) is 41.5 Å². The van der Waals surface area contributed by atoms with Crippen LogP contribution in [0.4, 0.5) is 10.5 Å². The van der Waals surface area contributed by atoms with Gasteiger partial charge in [-0.15, -0.1) is 11.3 Å². The van der Waals surface area contributed by atoms with Gasteiger partial charge in [0.1, 0.15) is 5.84 Å². The summed E-state index contributed by atoms with van der Waals surface area (Å²) < 4.78 is 27.2. The van der Waals surface area contributed by atoms with Crippen molar-refractivity contribution in [3.8, 4) is 0 Å². The average molecular weight is 477 g/mol. The van der Waals surface area contributed by atoms with E-state index in [1.807, 2.05) is 17.0 Å². The first-order valence-electron chi connectivity index (χ1n) is 10.6. The van der Waals surface area contributed by atoms with Gasteiger partial charge in [0.2, 0.25) is 0 Å². The Morgan fingerprint density at radius 3 is 2.69 bits per heavy atom. The number of nitrogen functional groups attached to an aromatic ring is 1. The fraction of sp³-hybridized carbons (Fsp3) is 0.476. The molecule has 3 N–H and O–H groups in total. The molecule has 0 bridgehead atoms. The van der Waals surface area contributed by atoms with Crippen LogP contribution in [-0.4, -0.2) is 67.2 Å². The minimum Gasteiger partial charge on any atom is -0.384 e. The number of rotatable bonds is 6. The fourth-order valence-corrected chi connectivity index (χ4v) is 6.80. The number of carbonyl (C=O) groups is 1. The van der Waals surface area contributed by atoms with Gasteiger partial charge < -0.3 is 10.6 Å². The lowest BCUT2D eigenvalue weighted by atomic mass is 9.96. The van der Waals surface area contributed by atoms with Crippen LogP contribution in [0.2, 0.25) is 0 Å². The summed E-state index contributed by atoms with van der Waals surface area (Å²) in [5.74, 6) is 0.518. The lowest BCUT2D eigenvalue weighted by Crippen LogP contribution is -2.55. The molecule has 3 heterocycles. The maximum absolute atomic E-state index is 13.3. The normalized spacial score (nSPS) is 21.2. The lowest BCUT2D eigenvalue weighted by molar-refractivity contribution is 0.154. The fourth-order valence-electron chi connectivity index (χ4n) is 4.38. The molecule has 2 fully saturated rings. The second kappa shape index (κ2) is 9.16. The summed E-state index contributed by atoms with van der Waals surface area (Å²) >= 11 is 1.13. The van der Waals surface area contributed by atoms with Gasteiger partial charge in [-0.3, -0.25) is 15.3 Å². The number of thiazole rings is 1. The largest absolute Gasteiger partial charge is 0.384 e. The highest BCUT2D eigenvalue weighted by molar-refractivity contribution is 7.91. The van der Waals surface area contributed by atoms with Crippen LogP contribution < -0.4 is 10.6 Å². The van der Waals surface area contributed by atoms with Crippen LogP contribution >= 0.6 is 11.3 Å². The summed E-state index contributed by atoms with van der Waals surface area (Å²) in [7, 11) is -3.48. The number of nitrogens with one attached hydrogen (secondary N) is 1. The molecule has 11 heteroatoms. The van der Waals surface area contributed by atoms with Crippen molar-refractivity contribution in [1.82, 2.24) is 14.2 Å². The summed E-state index contributed by atoms with van der Waals surface area (Å²) in [6.45, 7) is 4.93. The zero-order chi connectivity index (χ0) is 22.9. The number of aromatic nitrogens is 1. The van der Waals surface area contributed by atoms with Gasteiger partial charge >= 0.3 is 6.03 Å². The molecule has 0 radical (unpaired) electrons. The number of piperidine rings is 1. The zero-order valence-corrected chi connectivity index (χ0v) is 19.6. The van der Waals surface area contributed by atoms with Crippen LogP contribution in [0.5, 0.6) is 0 Å². The Morgan fingerprint density at radius 1 is 1.28 bits per heavy atom.